The van der Waals surface area contributed by atoms with E-state index < -0.39 is 0 Å². The van der Waals surface area contributed by atoms with Gasteiger partial charge in [-0.05, 0) is 56.0 Å². The Balaban J connectivity index is 1.74. The summed E-state index contributed by atoms with van der Waals surface area (Å²) < 4.78 is 1.70. The van der Waals surface area contributed by atoms with Crippen molar-refractivity contribution >= 4 is 28.6 Å². The molecule has 0 saturated carbocycles. The summed E-state index contributed by atoms with van der Waals surface area (Å²) >= 11 is 1.32. The SMILES string of the molecule is CCCCn1c(SCC(=O)NC(C)c2ccc(C)c(C)c2)nc2ccccc2c1=O. The third-order valence-electron chi connectivity index (χ3n) is 5.30. The fraction of sp³-hybridized carbons (Fsp3) is 0.375. The first kappa shape index (κ1) is 22.1. The zero-order valence-electron chi connectivity index (χ0n) is 18.1. The predicted molar refractivity (Wildman–Crippen MR) is 124 cm³/mol. The van der Waals surface area contributed by atoms with Crippen molar-refractivity contribution in [3.05, 3.63) is 69.5 Å². The van der Waals surface area contributed by atoms with Crippen molar-refractivity contribution in [3.8, 4) is 0 Å². The summed E-state index contributed by atoms with van der Waals surface area (Å²) in [5.74, 6) is 0.140. The maximum absolute atomic E-state index is 12.9. The molecule has 2 aromatic carbocycles. The molecule has 158 valence electrons. The zero-order valence-corrected chi connectivity index (χ0v) is 18.9. The number of nitrogens with one attached hydrogen (secondary N) is 1. The van der Waals surface area contributed by atoms with Crippen molar-refractivity contribution < 1.29 is 4.79 Å². The minimum absolute atomic E-state index is 0.0412. The first-order valence-electron chi connectivity index (χ1n) is 10.4. The Bertz CT molecular complexity index is 1110. The number of amides is 1. The number of hydrogen-bond acceptors (Lipinski definition) is 4. The second kappa shape index (κ2) is 9.94. The van der Waals surface area contributed by atoms with Crippen LogP contribution in [0.1, 0.15) is 49.4 Å². The molecular formula is C24H29N3O2S. The first-order valence-corrected chi connectivity index (χ1v) is 11.4. The maximum atomic E-state index is 12.9. The van der Waals surface area contributed by atoms with Crippen LogP contribution in [0.3, 0.4) is 0 Å². The molecule has 6 heteroatoms. The van der Waals surface area contributed by atoms with Crippen molar-refractivity contribution in [1.29, 1.82) is 0 Å². The van der Waals surface area contributed by atoms with Crippen LogP contribution in [0.4, 0.5) is 0 Å². The molecule has 0 saturated heterocycles. The van der Waals surface area contributed by atoms with Crippen LogP contribution in [0, 0.1) is 13.8 Å². The lowest BCUT2D eigenvalue weighted by molar-refractivity contribution is -0.119. The highest BCUT2D eigenvalue weighted by molar-refractivity contribution is 7.99. The van der Waals surface area contributed by atoms with E-state index in [2.05, 4.69) is 43.2 Å². The Morgan fingerprint density at radius 3 is 2.67 bits per heavy atom. The van der Waals surface area contributed by atoms with Crippen LogP contribution in [-0.2, 0) is 11.3 Å². The number of aryl methyl sites for hydroxylation is 2. The zero-order chi connectivity index (χ0) is 21.7. The van der Waals surface area contributed by atoms with E-state index in [0.29, 0.717) is 22.6 Å². The molecule has 0 aliphatic rings. The predicted octanol–water partition coefficient (Wildman–Crippen LogP) is 4.78. The van der Waals surface area contributed by atoms with Gasteiger partial charge >= 0.3 is 0 Å². The Labute approximate surface area is 181 Å². The van der Waals surface area contributed by atoms with Gasteiger partial charge in [0.25, 0.3) is 5.56 Å². The molecule has 1 atom stereocenters. The molecule has 1 aromatic heterocycles. The van der Waals surface area contributed by atoms with Crippen molar-refractivity contribution in [2.75, 3.05) is 5.75 Å². The normalized spacial score (nSPS) is 12.1. The summed E-state index contributed by atoms with van der Waals surface area (Å²) in [5.41, 5.74) is 4.16. The molecule has 0 aliphatic heterocycles. The van der Waals surface area contributed by atoms with Gasteiger partial charge in [0.15, 0.2) is 5.16 Å². The van der Waals surface area contributed by atoms with Crippen molar-refractivity contribution in [3.63, 3.8) is 0 Å². The molecule has 0 aliphatic carbocycles. The number of nitrogens with zero attached hydrogens (tertiary/aromatic N) is 2. The molecule has 1 N–H and O–H groups in total. The summed E-state index contributed by atoms with van der Waals surface area (Å²) in [6, 6.07) is 13.5. The molecule has 1 unspecified atom stereocenters. The molecule has 0 bridgehead atoms. The number of rotatable bonds is 8. The molecule has 3 aromatic rings. The number of thioether (sulfide) groups is 1. The fourth-order valence-corrected chi connectivity index (χ4v) is 4.14. The Morgan fingerprint density at radius 1 is 1.17 bits per heavy atom. The lowest BCUT2D eigenvalue weighted by atomic mass is 10.0. The molecule has 0 fully saturated rings. The van der Waals surface area contributed by atoms with Gasteiger partial charge in [0.1, 0.15) is 0 Å². The number of aromatic nitrogens is 2. The van der Waals surface area contributed by atoms with Crippen molar-refractivity contribution in [1.82, 2.24) is 14.9 Å². The first-order chi connectivity index (χ1) is 14.4. The number of carbonyl (C=O) groups is 1. The Morgan fingerprint density at radius 2 is 1.93 bits per heavy atom. The number of fused-ring (bicyclic) bond motifs is 1. The highest BCUT2D eigenvalue weighted by Crippen LogP contribution is 2.20. The highest BCUT2D eigenvalue weighted by Gasteiger charge is 2.15. The van der Waals surface area contributed by atoms with Gasteiger partial charge in [-0.3, -0.25) is 14.2 Å². The van der Waals surface area contributed by atoms with Gasteiger partial charge in [-0.2, -0.15) is 0 Å². The van der Waals surface area contributed by atoms with Crippen molar-refractivity contribution in [2.45, 2.75) is 58.3 Å². The van der Waals surface area contributed by atoms with Gasteiger partial charge in [-0.15, -0.1) is 0 Å². The summed E-state index contributed by atoms with van der Waals surface area (Å²) in [6.45, 7) is 8.83. The summed E-state index contributed by atoms with van der Waals surface area (Å²) in [5, 5.41) is 4.27. The van der Waals surface area contributed by atoms with E-state index in [4.69, 9.17) is 0 Å². The third kappa shape index (κ3) is 5.11. The van der Waals surface area contributed by atoms with Crippen LogP contribution in [0.5, 0.6) is 0 Å². The molecular weight excluding hydrogens is 394 g/mol. The Kier molecular flexibility index (Phi) is 7.32. The summed E-state index contributed by atoms with van der Waals surface area (Å²) in [4.78, 5) is 30.2. The standard InChI is InChI=1S/C24H29N3O2S/c1-5-6-13-27-23(29)20-9-7-8-10-21(20)26-24(27)30-15-22(28)25-18(4)19-12-11-16(2)17(3)14-19/h7-12,14,18H,5-6,13,15H2,1-4H3,(H,25,28). The lowest BCUT2D eigenvalue weighted by Crippen LogP contribution is -2.29. The van der Waals surface area contributed by atoms with Crippen LogP contribution >= 0.6 is 11.8 Å². The molecule has 1 amide bonds. The quantitative estimate of drug-likeness (QED) is 0.418. The van der Waals surface area contributed by atoms with Crippen molar-refractivity contribution in [2.24, 2.45) is 0 Å². The Hall–Kier alpha value is -2.60. The van der Waals surface area contributed by atoms with E-state index in [1.165, 1.54) is 22.9 Å². The smallest absolute Gasteiger partial charge is 0.262 e. The van der Waals surface area contributed by atoms with E-state index in [1.54, 1.807) is 10.6 Å². The third-order valence-corrected chi connectivity index (χ3v) is 6.28. The molecule has 3 rings (SSSR count). The van der Waals surface area contributed by atoms with E-state index in [9.17, 15) is 9.59 Å². The second-order valence-corrected chi connectivity index (χ2v) is 8.59. The number of unbranched alkanes of at least 4 members (excludes halogenated alkanes) is 1. The van der Waals surface area contributed by atoms with Crippen LogP contribution in [-0.4, -0.2) is 21.2 Å². The second-order valence-electron chi connectivity index (χ2n) is 7.64. The number of hydrogen-bond donors (Lipinski definition) is 1. The average Bonchev–Trinajstić information content (AvgIpc) is 2.73. The van der Waals surface area contributed by atoms with Crippen LogP contribution in [0.15, 0.2) is 52.4 Å². The number of carbonyl (C=O) groups excluding carboxylic acids is 1. The van der Waals surface area contributed by atoms with E-state index in [1.807, 2.05) is 31.2 Å². The monoisotopic (exact) mass is 423 g/mol. The highest BCUT2D eigenvalue weighted by atomic mass is 32.2. The minimum atomic E-state index is -0.0794. The molecule has 1 heterocycles. The van der Waals surface area contributed by atoms with Crippen LogP contribution in [0.25, 0.3) is 10.9 Å². The number of benzene rings is 2. The molecule has 5 nitrogen and oxygen atoms in total. The molecule has 0 spiro atoms. The lowest BCUT2D eigenvalue weighted by Gasteiger charge is -2.16. The topological polar surface area (TPSA) is 64.0 Å². The maximum Gasteiger partial charge on any atom is 0.262 e. The summed E-state index contributed by atoms with van der Waals surface area (Å²) in [6.07, 6.45) is 1.88. The fourth-order valence-electron chi connectivity index (χ4n) is 3.30. The molecule has 30 heavy (non-hydrogen) atoms. The molecule has 0 radical (unpaired) electrons. The summed E-state index contributed by atoms with van der Waals surface area (Å²) in [7, 11) is 0. The van der Waals surface area contributed by atoms with E-state index >= 15 is 0 Å². The minimum Gasteiger partial charge on any atom is -0.349 e. The van der Waals surface area contributed by atoms with Crippen LogP contribution < -0.4 is 10.9 Å². The number of para-hydroxylation sites is 1. The van der Waals surface area contributed by atoms with E-state index in [-0.39, 0.29) is 23.3 Å². The average molecular weight is 424 g/mol. The van der Waals surface area contributed by atoms with Gasteiger partial charge < -0.3 is 5.32 Å². The van der Waals surface area contributed by atoms with Crippen LogP contribution in [0.2, 0.25) is 0 Å². The van der Waals surface area contributed by atoms with Gasteiger partial charge in [-0.1, -0.05) is 55.4 Å². The van der Waals surface area contributed by atoms with Gasteiger partial charge in [-0.25, -0.2) is 4.98 Å². The van der Waals surface area contributed by atoms with Gasteiger partial charge in [0.2, 0.25) is 5.91 Å². The van der Waals surface area contributed by atoms with Gasteiger partial charge in [0, 0.05) is 6.54 Å². The van der Waals surface area contributed by atoms with Gasteiger partial charge in [0.05, 0.1) is 22.7 Å². The largest absolute Gasteiger partial charge is 0.349 e. The van der Waals surface area contributed by atoms with E-state index in [0.717, 1.165) is 18.4 Å².